The number of nitrogens with one attached hydrogen (secondary N) is 2. The lowest BCUT2D eigenvalue weighted by Crippen LogP contribution is -2.40. The highest BCUT2D eigenvalue weighted by atomic mass is 32.2. The van der Waals surface area contributed by atoms with Crippen molar-refractivity contribution in [2.24, 2.45) is 0 Å². The van der Waals surface area contributed by atoms with Gasteiger partial charge in [0.05, 0.1) is 4.90 Å². The molecule has 0 radical (unpaired) electrons. The first-order valence-corrected chi connectivity index (χ1v) is 9.04. The average Bonchev–Trinajstić information content (AvgIpc) is 2.56. The van der Waals surface area contributed by atoms with Crippen LogP contribution in [0.1, 0.15) is 36.5 Å². The second kappa shape index (κ2) is 9.19. The van der Waals surface area contributed by atoms with E-state index in [2.05, 4.69) is 16.6 Å². The SMILES string of the molecule is C=CCNS(=O)(=O)c1cccc(C(=O)N[C@@H](CCCC)C(=O)O)c1. The zero-order valence-electron chi connectivity index (χ0n) is 13.5. The number of amides is 1. The molecule has 0 unspecified atom stereocenters. The van der Waals surface area contributed by atoms with Crippen LogP contribution in [-0.4, -0.2) is 38.0 Å². The lowest BCUT2D eigenvalue weighted by atomic mass is 10.1. The summed E-state index contributed by atoms with van der Waals surface area (Å²) in [5.41, 5.74) is 0.0826. The summed E-state index contributed by atoms with van der Waals surface area (Å²) >= 11 is 0. The highest BCUT2D eigenvalue weighted by Gasteiger charge is 2.21. The van der Waals surface area contributed by atoms with Crippen LogP contribution >= 0.6 is 0 Å². The van der Waals surface area contributed by atoms with Crippen LogP contribution < -0.4 is 10.0 Å². The van der Waals surface area contributed by atoms with Crippen molar-refractivity contribution in [2.45, 2.75) is 37.1 Å². The smallest absolute Gasteiger partial charge is 0.326 e. The topological polar surface area (TPSA) is 113 Å². The Bertz CT molecular complexity index is 700. The molecule has 0 bridgehead atoms. The van der Waals surface area contributed by atoms with Gasteiger partial charge in [-0.1, -0.05) is 31.9 Å². The number of sulfonamides is 1. The summed E-state index contributed by atoms with van der Waals surface area (Å²) in [6.07, 6.45) is 3.19. The molecule has 7 nitrogen and oxygen atoms in total. The zero-order chi connectivity index (χ0) is 18.2. The first-order chi connectivity index (χ1) is 11.3. The number of carboxylic acid groups (broad SMARTS) is 1. The van der Waals surface area contributed by atoms with Crippen LogP contribution in [0.15, 0.2) is 41.8 Å². The largest absolute Gasteiger partial charge is 0.480 e. The summed E-state index contributed by atoms with van der Waals surface area (Å²) in [6, 6.07) is 4.42. The normalized spacial score (nSPS) is 12.4. The molecule has 0 saturated carbocycles. The van der Waals surface area contributed by atoms with E-state index in [0.29, 0.717) is 12.8 Å². The second-order valence-corrected chi connectivity index (χ2v) is 6.94. The van der Waals surface area contributed by atoms with E-state index in [1.165, 1.54) is 30.3 Å². The first-order valence-electron chi connectivity index (χ1n) is 7.56. The molecular weight excluding hydrogens is 332 g/mol. The highest BCUT2D eigenvalue weighted by Crippen LogP contribution is 2.12. The molecule has 0 saturated heterocycles. The van der Waals surface area contributed by atoms with Crippen LogP contribution in [0.5, 0.6) is 0 Å². The quantitative estimate of drug-likeness (QED) is 0.552. The van der Waals surface area contributed by atoms with Crippen molar-refractivity contribution in [3.63, 3.8) is 0 Å². The minimum atomic E-state index is -3.75. The molecule has 0 fully saturated rings. The Hall–Kier alpha value is -2.19. The van der Waals surface area contributed by atoms with Crippen LogP contribution in [0.25, 0.3) is 0 Å². The first kappa shape index (κ1) is 19.9. The Kier molecular flexibility index (Phi) is 7.60. The number of hydrogen-bond acceptors (Lipinski definition) is 4. The van der Waals surface area contributed by atoms with Gasteiger partial charge in [0.2, 0.25) is 10.0 Å². The van der Waals surface area contributed by atoms with E-state index in [4.69, 9.17) is 5.11 Å². The maximum Gasteiger partial charge on any atom is 0.326 e. The van der Waals surface area contributed by atoms with Crippen molar-refractivity contribution in [2.75, 3.05) is 6.54 Å². The molecular formula is C16H22N2O5S. The number of aliphatic carboxylic acids is 1. The molecule has 0 spiro atoms. The summed E-state index contributed by atoms with van der Waals surface area (Å²) in [6.45, 7) is 5.42. The number of hydrogen-bond donors (Lipinski definition) is 3. The third kappa shape index (κ3) is 5.78. The van der Waals surface area contributed by atoms with Crippen LogP contribution in [0, 0.1) is 0 Å². The summed E-state index contributed by atoms with van der Waals surface area (Å²) in [5, 5.41) is 11.6. The van der Waals surface area contributed by atoms with Crippen LogP contribution in [0.3, 0.4) is 0 Å². The fraction of sp³-hybridized carbons (Fsp3) is 0.375. The Morgan fingerprint density at radius 3 is 2.67 bits per heavy atom. The maximum absolute atomic E-state index is 12.2. The molecule has 8 heteroatoms. The number of carbonyl (C=O) groups is 2. The van der Waals surface area contributed by atoms with Gasteiger partial charge in [-0.2, -0.15) is 0 Å². The minimum Gasteiger partial charge on any atom is -0.480 e. The molecule has 1 aromatic rings. The third-order valence-corrected chi connectivity index (χ3v) is 4.70. The van der Waals surface area contributed by atoms with Crippen molar-refractivity contribution in [1.82, 2.24) is 10.0 Å². The van der Waals surface area contributed by atoms with Gasteiger partial charge in [-0.25, -0.2) is 17.9 Å². The summed E-state index contributed by atoms with van der Waals surface area (Å²) < 4.78 is 26.4. The number of carboxylic acids is 1. The Balaban J connectivity index is 2.94. The van der Waals surface area contributed by atoms with E-state index in [-0.39, 0.29) is 17.0 Å². The van der Waals surface area contributed by atoms with Crippen LogP contribution in [0.4, 0.5) is 0 Å². The number of rotatable bonds is 10. The molecule has 0 aliphatic heterocycles. The van der Waals surface area contributed by atoms with E-state index in [1.54, 1.807) is 0 Å². The predicted octanol–water partition coefficient (Wildman–Crippen LogP) is 1.52. The molecule has 24 heavy (non-hydrogen) atoms. The van der Waals surface area contributed by atoms with Gasteiger partial charge in [-0.15, -0.1) is 6.58 Å². The second-order valence-electron chi connectivity index (χ2n) is 5.17. The lowest BCUT2D eigenvalue weighted by molar-refractivity contribution is -0.139. The van der Waals surface area contributed by atoms with Gasteiger partial charge in [0.15, 0.2) is 0 Å². The van der Waals surface area contributed by atoms with E-state index in [9.17, 15) is 18.0 Å². The molecule has 0 aromatic heterocycles. The maximum atomic E-state index is 12.2. The van der Waals surface area contributed by atoms with E-state index < -0.39 is 27.9 Å². The van der Waals surface area contributed by atoms with Crippen molar-refractivity contribution >= 4 is 21.9 Å². The summed E-state index contributed by atoms with van der Waals surface area (Å²) in [4.78, 5) is 23.3. The number of benzene rings is 1. The molecule has 1 aromatic carbocycles. The van der Waals surface area contributed by atoms with Crippen molar-refractivity contribution in [3.05, 3.63) is 42.5 Å². The summed E-state index contributed by atoms with van der Waals surface area (Å²) in [5.74, 6) is -1.74. The molecule has 3 N–H and O–H groups in total. The number of unbranched alkanes of at least 4 members (excludes halogenated alkanes) is 1. The highest BCUT2D eigenvalue weighted by molar-refractivity contribution is 7.89. The van der Waals surface area contributed by atoms with Crippen molar-refractivity contribution in [3.8, 4) is 0 Å². The van der Waals surface area contributed by atoms with Crippen molar-refractivity contribution in [1.29, 1.82) is 0 Å². The molecule has 1 atom stereocenters. The van der Waals surface area contributed by atoms with E-state index >= 15 is 0 Å². The Morgan fingerprint density at radius 2 is 2.08 bits per heavy atom. The van der Waals surface area contributed by atoms with Crippen molar-refractivity contribution < 1.29 is 23.1 Å². The van der Waals surface area contributed by atoms with Gasteiger partial charge in [-0.05, 0) is 24.6 Å². The van der Waals surface area contributed by atoms with E-state index in [0.717, 1.165) is 6.42 Å². The van der Waals surface area contributed by atoms with Gasteiger partial charge in [0.25, 0.3) is 5.91 Å². The van der Waals surface area contributed by atoms with Gasteiger partial charge in [0.1, 0.15) is 6.04 Å². The van der Waals surface area contributed by atoms with Gasteiger partial charge >= 0.3 is 5.97 Å². The third-order valence-electron chi connectivity index (χ3n) is 3.27. The minimum absolute atomic E-state index is 0.0663. The van der Waals surface area contributed by atoms with Gasteiger partial charge in [-0.3, -0.25) is 4.79 Å². The molecule has 0 heterocycles. The molecule has 0 aliphatic carbocycles. The zero-order valence-corrected chi connectivity index (χ0v) is 14.3. The molecule has 0 aliphatic rings. The van der Waals surface area contributed by atoms with Crippen LogP contribution in [0.2, 0.25) is 0 Å². The fourth-order valence-electron chi connectivity index (χ4n) is 1.96. The standard InChI is InChI=1S/C16H22N2O5S/c1-3-5-9-14(16(20)21)18-15(19)12-7-6-8-13(11-12)24(22,23)17-10-4-2/h4,6-8,11,14,17H,2-3,5,9-10H2,1H3,(H,18,19)(H,20,21)/t14-/m0/s1. The average molecular weight is 354 g/mol. The molecule has 1 amide bonds. The molecule has 132 valence electrons. The van der Waals surface area contributed by atoms with Gasteiger partial charge < -0.3 is 10.4 Å². The number of carbonyl (C=O) groups excluding carboxylic acids is 1. The predicted molar refractivity (Wildman–Crippen MR) is 90.2 cm³/mol. The Labute approximate surface area is 141 Å². The molecule has 1 rings (SSSR count). The fourth-order valence-corrected chi connectivity index (χ4v) is 3.01. The Morgan fingerprint density at radius 1 is 1.38 bits per heavy atom. The lowest BCUT2D eigenvalue weighted by Gasteiger charge is -2.14. The summed E-state index contributed by atoms with van der Waals surface area (Å²) in [7, 11) is -3.75. The van der Waals surface area contributed by atoms with E-state index in [1.807, 2.05) is 6.92 Å². The van der Waals surface area contributed by atoms with Crippen LogP contribution in [-0.2, 0) is 14.8 Å². The monoisotopic (exact) mass is 354 g/mol. The van der Waals surface area contributed by atoms with Gasteiger partial charge in [0, 0.05) is 12.1 Å².